The standard InChI is InChI=1S/C20H31N3O2/c1-3-17(15-24)21-10-12-23(13-11-21)20(25)18-14-16(2)6-7-19(18)22-8-4-5-9-22/h6-7,14,17,24H,3-5,8-13,15H2,1-2H3. The Hall–Kier alpha value is -1.59. The summed E-state index contributed by atoms with van der Waals surface area (Å²) in [6, 6.07) is 6.49. The van der Waals surface area contributed by atoms with Crippen molar-refractivity contribution in [3.63, 3.8) is 0 Å². The minimum Gasteiger partial charge on any atom is -0.395 e. The average Bonchev–Trinajstić information content (AvgIpc) is 3.17. The molecule has 0 aliphatic carbocycles. The van der Waals surface area contributed by atoms with Gasteiger partial charge in [0.15, 0.2) is 0 Å². The van der Waals surface area contributed by atoms with Crippen LogP contribution in [0.4, 0.5) is 5.69 Å². The van der Waals surface area contributed by atoms with E-state index in [1.54, 1.807) is 0 Å². The lowest BCUT2D eigenvalue weighted by Gasteiger charge is -2.38. The Morgan fingerprint density at radius 1 is 1.12 bits per heavy atom. The van der Waals surface area contributed by atoms with E-state index >= 15 is 0 Å². The van der Waals surface area contributed by atoms with Crippen molar-refractivity contribution in [3.8, 4) is 0 Å². The fraction of sp³-hybridized carbons (Fsp3) is 0.650. The fourth-order valence-electron chi connectivity index (χ4n) is 4.02. The minimum absolute atomic E-state index is 0.155. The Morgan fingerprint density at radius 3 is 2.40 bits per heavy atom. The largest absolute Gasteiger partial charge is 0.395 e. The van der Waals surface area contributed by atoms with Gasteiger partial charge in [-0.15, -0.1) is 0 Å². The van der Waals surface area contributed by atoms with Crippen LogP contribution in [-0.2, 0) is 0 Å². The molecule has 2 fully saturated rings. The van der Waals surface area contributed by atoms with Crippen molar-refractivity contribution in [1.29, 1.82) is 0 Å². The van der Waals surface area contributed by atoms with E-state index in [2.05, 4.69) is 35.8 Å². The van der Waals surface area contributed by atoms with Crippen molar-refractivity contribution in [2.45, 2.75) is 39.2 Å². The van der Waals surface area contributed by atoms with Gasteiger partial charge in [0.1, 0.15) is 0 Å². The smallest absolute Gasteiger partial charge is 0.256 e. The van der Waals surface area contributed by atoms with Crippen molar-refractivity contribution in [2.75, 3.05) is 50.8 Å². The van der Waals surface area contributed by atoms with Gasteiger partial charge in [0.2, 0.25) is 0 Å². The van der Waals surface area contributed by atoms with Gasteiger partial charge < -0.3 is 14.9 Å². The number of aliphatic hydroxyl groups is 1. The number of aliphatic hydroxyl groups excluding tert-OH is 1. The van der Waals surface area contributed by atoms with E-state index in [1.165, 1.54) is 12.8 Å². The van der Waals surface area contributed by atoms with Crippen molar-refractivity contribution in [2.24, 2.45) is 0 Å². The molecule has 1 N–H and O–H groups in total. The van der Waals surface area contributed by atoms with Gasteiger partial charge >= 0.3 is 0 Å². The van der Waals surface area contributed by atoms with Gasteiger partial charge in [0, 0.05) is 51.0 Å². The number of amides is 1. The van der Waals surface area contributed by atoms with Gasteiger partial charge in [0.05, 0.1) is 12.2 Å². The molecule has 5 heteroatoms. The number of hydrogen-bond donors (Lipinski definition) is 1. The Balaban J connectivity index is 1.72. The van der Waals surface area contributed by atoms with E-state index in [0.717, 1.165) is 62.5 Å². The van der Waals surface area contributed by atoms with Crippen molar-refractivity contribution in [3.05, 3.63) is 29.3 Å². The van der Waals surface area contributed by atoms with E-state index in [-0.39, 0.29) is 18.6 Å². The molecule has 3 rings (SSSR count). The van der Waals surface area contributed by atoms with E-state index in [0.29, 0.717) is 0 Å². The number of piperazine rings is 1. The van der Waals surface area contributed by atoms with Gasteiger partial charge in [-0.3, -0.25) is 9.69 Å². The third-order valence-corrected chi connectivity index (χ3v) is 5.63. The summed E-state index contributed by atoms with van der Waals surface area (Å²) < 4.78 is 0. The van der Waals surface area contributed by atoms with Crippen LogP contribution in [0.15, 0.2) is 18.2 Å². The highest BCUT2D eigenvalue weighted by Gasteiger charge is 2.28. The van der Waals surface area contributed by atoms with Crippen LogP contribution in [0.3, 0.4) is 0 Å². The van der Waals surface area contributed by atoms with Crippen LogP contribution >= 0.6 is 0 Å². The first kappa shape index (κ1) is 18.2. The van der Waals surface area contributed by atoms with E-state index < -0.39 is 0 Å². The summed E-state index contributed by atoms with van der Waals surface area (Å²) in [6.07, 6.45) is 3.36. The second kappa shape index (κ2) is 8.19. The Labute approximate surface area is 151 Å². The summed E-state index contributed by atoms with van der Waals surface area (Å²) >= 11 is 0. The molecule has 1 aromatic rings. The number of carbonyl (C=O) groups excluding carboxylic acids is 1. The predicted octanol–water partition coefficient (Wildman–Crippen LogP) is 2.12. The van der Waals surface area contributed by atoms with Crippen LogP contribution in [0, 0.1) is 6.92 Å². The first-order chi connectivity index (χ1) is 12.1. The molecule has 1 unspecified atom stereocenters. The van der Waals surface area contributed by atoms with Gasteiger partial charge in [-0.05, 0) is 38.3 Å². The molecular formula is C20H31N3O2. The Bertz CT molecular complexity index is 587. The predicted molar refractivity (Wildman–Crippen MR) is 101 cm³/mol. The monoisotopic (exact) mass is 345 g/mol. The fourth-order valence-corrected chi connectivity index (χ4v) is 4.02. The number of hydrogen-bond acceptors (Lipinski definition) is 4. The molecule has 2 aliphatic rings. The first-order valence-corrected chi connectivity index (χ1v) is 9.63. The van der Waals surface area contributed by atoms with Gasteiger partial charge in [-0.25, -0.2) is 0 Å². The number of aryl methyl sites for hydroxylation is 1. The number of rotatable bonds is 5. The number of anilines is 1. The lowest BCUT2D eigenvalue weighted by Crippen LogP contribution is -2.52. The average molecular weight is 345 g/mol. The molecule has 0 bridgehead atoms. The van der Waals surface area contributed by atoms with Crippen LogP contribution in [0.1, 0.15) is 42.1 Å². The van der Waals surface area contributed by atoms with Gasteiger partial charge in [-0.2, -0.15) is 0 Å². The number of carbonyl (C=O) groups is 1. The molecule has 0 aromatic heterocycles. The van der Waals surface area contributed by atoms with Crippen LogP contribution < -0.4 is 4.90 Å². The molecular weight excluding hydrogens is 314 g/mol. The summed E-state index contributed by atoms with van der Waals surface area (Å²) in [4.78, 5) is 19.8. The summed E-state index contributed by atoms with van der Waals surface area (Å²) in [5.74, 6) is 0.155. The molecule has 2 saturated heterocycles. The Kier molecular flexibility index (Phi) is 5.97. The Morgan fingerprint density at radius 2 is 1.80 bits per heavy atom. The van der Waals surface area contributed by atoms with Crippen molar-refractivity contribution < 1.29 is 9.90 Å². The molecule has 5 nitrogen and oxygen atoms in total. The van der Waals surface area contributed by atoms with Gasteiger partial charge in [0.25, 0.3) is 5.91 Å². The number of nitrogens with zero attached hydrogens (tertiary/aromatic N) is 3. The molecule has 1 aromatic carbocycles. The highest BCUT2D eigenvalue weighted by molar-refractivity contribution is 6.00. The number of benzene rings is 1. The minimum atomic E-state index is 0.155. The molecule has 25 heavy (non-hydrogen) atoms. The maximum Gasteiger partial charge on any atom is 0.256 e. The zero-order chi connectivity index (χ0) is 17.8. The lowest BCUT2D eigenvalue weighted by atomic mass is 10.1. The maximum atomic E-state index is 13.2. The van der Waals surface area contributed by atoms with Crippen LogP contribution in [0.5, 0.6) is 0 Å². The SMILES string of the molecule is CCC(CO)N1CCN(C(=O)c2cc(C)ccc2N2CCCC2)CC1. The van der Waals surface area contributed by atoms with E-state index in [1.807, 2.05) is 11.0 Å². The van der Waals surface area contributed by atoms with Crippen LogP contribution in [0.2, 0.25) is 0 Å². The highest BCUT2D eigenvalue weighted by Crippen LogP contribution is 2.27. The van der Waals surface area contributed by atoms with Crippen molar-refractivity contribution in [1.82, 2.24) is 9.80 Å². The summed E-state index contributed by atoms with van der Waals surface area (Å²) in [7, 11) is 0. The van der Waals surface area contributed by atoms with E-state index in [9.17, 15) is 9.90 Å². The molecule has 0 radical (unpaired) electrons. The zero-order valence-electron chi connectivity index (χ0n) is 15.6. The second-order valence-electron chi connectivity index (χ2n) is 7.29. The first-order valence-electron chi connectivity index (χ1n) is 9.63. The second-order valence-corrected chi connectivity index (χ2v) is 7.29. The molecule has 138 valence electrons. The van der Waals surface area contributed by atoms with Gasteiger partial charge in [-0.1, -0.05) is 18.6 Å². The third-order valence-electron chi connectivity index (χ3n) is 5.63. The lowest BCUT2D eigenvalue weighted by molar-refractivity contribution is 0.0473. The summed E-state index contributed by atoms with van der Waals surface area (Å²) in [5.41, 5.74) is 3.08. The molecule has 0 spiro atoms. The molecule has 2 aliphatic heterocycles. The van der Waals surface area contributed by atoms with E-state index in [4.69, 9.17) is 0 Å². The third kappa shape index (κ3) is 3.98. The highest BCUT2D eigenvalue weighted by atomic mass is 16.3. The maximum absolute atomic E-state index is 13.2. The quantitative estimate of drug-likeness (QED) is 0.888. The summed E-state index contributed by atoms with van der Waals surface area (Å²) in [6.45, 7) is 9.61. The normalized spacial score (nSPS) is 20.1. The zero-order valence-corrected chi connectivity index (χ0v) is 15.6. The molecule has 0 saturated carbocycles. The molecule has 1 atom stereocenters. The van der Waals surface area contributed by atoms with Crippen LogP contribution in [0.25, 0.3) is 0 Å². The molecule has 1 amide bonds. The van der Waals surface area contributed by atoms with Crippen molar-refractivity contribution >= 4 is 11.6 Å². The summed E-state index contributed by atoms with van der Waals surface area (Å²) in [5, 5.41) is 9.49. The molecule has 2 heterocycles. The topological polar surface area (TPSA) is 47.0 Å². The van der Waals surface area contributed by atoms with Crippen LogP contribution in [-0.4, -0.2) is 72.7 Å².